The molecule has 0 aliphatic carbocycles. The minimum absolute atomic E-state index is 0.0484. The van der Waals surface area contributed by atoms with Gasteiger partial charge in [0.2, 0.25) is 5.91 Å². The van der Waals surface area contributed by atoms with Crippen LogP contribution in [0.2, 0.25) is 0 Å². The van der Waals surface area contributed by atoms with Crippen molar-refractivity contribution in [1.82, 2.24) is 25.0 Å². The topological polar surface area (TPSA) is 90.7 Å². The summed E-state index contributed by atoms with van der Waals surface area (Å²) in [4.78, 5) is 15.2. The number of carbonyl (C=O) groups is 1. The number of carbonyl (C=O) groups excluding carboxylic acids is 1. The van der Waals surface area contributed by atoms with Gasteiger partial charge in [0.05, 0.1) is 32.8 Å². The molecule has 0 saturated carbocycles. The first-order valence-electron chi connectivity index (χ1n) is 11.7. The fourth-order valence-electron chi connectivity index (χ4n) is 4.56. The molecule has 1 fully saturated rings. The van der Waals surface area contributed by atoms with Gasteiger partial charge in [0, 0.05) is 39.2 Å². The van der Waals surface area contributed by atoms with Crippen LogP contribution >= 0.6 is 0 Å². The molecule has 0 bridgehead atoms. The van der Waals surface area contributed by atoms with E-state index in [-0.39, 0.29) is 23.8 Å². The third-order valence-corrected chi connectivity index (χ3v) is 6.54. The van der Waals surface area contributed by atoms with Crippen LogP contribution < -0.4 is 14.8 Å². The molecular weight excluding hydrogens is 422 g/mol. The Morgan fingerprint density at radius 3 is 2.70 bits per heavy atom. The molecule has 0 spiro atoms. The Morgan fingerprint density at radius 2 is 2.00 bits per heavy atom. The van der Waals surface area contributed by atoms with E-state index >= 15 is 0 Å². The minimum Gasteiger partial charge on any atom is -0.493 e. The highest BCUT2D eigenvalue weighted by molar-refractivity contribution is 5.79. The summed E-state index contributed by atoms with van der Waals surface area (Å²) in [6.07, 6.45) is 1.59. The average Bonchev–Trinajstić information content (AvgIpc) is 3.45. The molecule has 9 heteroatoms. The molecule has 2 aliphatic rings. The summed E-state index contributed by atoms with van der Waals surface area (Å²) in [5.74, 6) is 3.48. The summed E-state index contributed by atoms with van der Waals surface area (Å²) in [5.41, 5.74) is 1.18. The number of benzene rings is 1. The molecule has 2 atom stereocenters. The smallest absolute Gasteiger partial charge is 0.226 e. The molecule has 2 aliphatic heterocycles. The van der Waals surface area contributed by atoms with Gasteiger partial charge in [-0.3, -0.25) is 9.69 Å². The number of nitrogens with one attached hydrogen (secondary N) is 1. The van der Waals surface area contributed by atoms with E-state index in [4.69, 9.17) is 14.2 Å². The zero-order valence-corrected chi connectivity index (χ0v) is 20.0. The SMILES string of the molecule is COc1ccc(CN2CCc3nnc([C@H](NC(=O)[C@H]4CCOC4)C(C)C)n3CC2)cc1OC. The van der Waals surface area contributed by atoms with Crippen LogP contribution in [0.4, 0.5) is 0 Å². The molecule has 1 saturated heterocycles. The number of methoxy groups -OCH3 is 2. The van der Waals surface area contributed by atoms with Crippen molar-refractivity contribution in [2.45, 2.75) is 45.8 Å². The van der Waals surface area contributed by atoms with Crippen molar-refractivity contribution < 1.29 is 19.0 Å². The predicted octanol–water partition coefficient (Wildman–Crippen LogP) is 2.20. The second kappa shape index (κ2) is 10.5. The van der Waals surface area contributed by atoms with Crippen molar-refractivity contribution in [3.8, 4) is 11.5 Å². The molecule has 9 nitrogen and oxygen atoms in total. The lowest BCUT2D eigenvalue weighted by atomic mass is 10.0. The molecule has 1 N–H and O–H groups in total. The molecule has 1 aromatic heterocycles. The van der Waals surface area contributed by atoms with E-state index in [0.29, 0.717) is 13.2 Å². The summed E-state index contributed by atoms with van der Waals surface area (Å²) >= 11 is 0. The molecule has 0 unspecified atom stereocenters. The fourth-order valence-corrected chi connectivity index (χ4v) is 4.56. The maximum absolute atomic E-state index is 12.8. The van der Waals surface area contributed by atoms with Gasteiger partial charge in [-0.2, -0.15) is 0 Å². The maximum Gasteiger partial charge on any atom is 0.226 e. The summed E-state index contributed by atoms with van der Waals surface area (Å²) in [5, 5.41) is 12.2. The lowest BCUT2D eigenvalue weighted by molar-refractivity contribution is -0.126. The number of aromatic nitrogens is 3. The van der Waals surface area contributed by atoms with Gasteiger partial charge < -0.3 is 24.1 Å². The van der Waals surface area contributed by atoms with Gasteiger partial charge >= 0.3 is 0 Å². The maximum atomic E-state index is 12.8. The van der Waals surface area contributed by atoms with Crippen molar-refractivity contribution in [3.05, 3.63) is 35.4 Å². The molecule has 180 valence electrons. The van der Waals surface area contributed by atoms with Crippen molar-refractivity contribution in [1.29, 1.82) is 0 Å². The second-order valence-corrected chi connectivity index (χ2v) is 9.13. The first kappa shape index (κ1) is 23.5. The van der Waals surface area contributed by atoms with Crippen molar-refractivity contribution >= 4 is 5.91 Å². The number of nitrogens with zero attached hydrogens (tertiary/aromatic N) is 4. The third-order valence-electron chi connectivity index (χ3n) is 6.54. The second-order valence-electron chi connectivity index (χ2n) is 9.13. The first-order chi connectivity index (χ1) is 16.0. The van der Waals surface area contributed by atoms with Crippen LogP contribution in [-0.2, 0) is 29.0 Å². The number of amides is 1. The van der Waals surface area contributed by atoms with Gasteiger partial charge in [-0.25, -0.2) is 0 Å². The van der Waals surface area contributed by atoms with Gasteiger partial charge in [-0.15, -0.1) is 10.2 Å². The van der Waals surface area contributed by atoms with E-state index in [1.54, 1.807) is 14.2 Å². The zero-order valence-electron chi connectivity index (χ0n) is 20.0. The Hall–Kier alpha value is -2.65. The average molecular weight is 458 g/mol. The quantitative estimate of drug-likeness (QED) is 0.650. The van der Waals surface area contributed by atoms with Crippen LogP contribution in [0.25, 0.3) is 0 Å². The Morgan fingerprint density at radius 1 is 1.18 bits per heavy atom. The van der Waals surface area contributed by atoms with Gasteiger partial charge in [0.25, 0.3) is 0 Å². The largest absolute Gasteiger partial charge is 0.493 e. The zero-order chi connectivity index (χ0) is 23.4. The van der Waals surface area contributed by atoms with Crippen LogP contribution in [0.5, 0.6) is 11.5 Å². The molecular formula is C24H35N5O4. The van der Waals surface area contributed by atoms with Crippen LogP contribution in [0, 0.1) is 11.8 Å². The molecule has 1 amide bonds. The molecule has 2 aromatic rings. The molecule has 3 heterocycles. The van der Waals surface area contributed by atoms with Crippen molar-refractivity contribution in [2.75, 3.05) is 40.5 Å². The molecule has 4 rings (SSSR count). The molecule has 0 radical (unpaired) electrons. The Balaban J connectivity index is 1.45. The Bertz CT molecular complexity index is 954. The monoisotopic (exact) mass is 457 g/mol. The highest BCUT2D eigenvalue weighted by Crippen LogP contribution is 2.29. The van der Waals surface area contributed by atoms with Crippen molar-refractivity contribution in [2.24, 2.45) is 11.8 Å². The summed E-state index contributed by atoms with van der Waals surface area (Å²) < 4.78 is 18.4. The standard InChI is InChI=1S/C24H35N5O4/c1-16(2)22(25-24(30)18-8-12-33-15-18)23-27-26-21-7-9-28(10-11-29(21)23)14-17-5-6-19(31-3)20(13-17)32-4/h5-6,13,16,18,22H,7-12,14-15H2,1-4H3,(H,25,30)/t18-,22+/m0/s1. The van der Waals surface area contributed by atoms with Crippen LogP contribution in [-0.4, -0.2) is 66.1 Å². The number of rotatable bonds is 8. The highest BCUT2D eigenvalue weighted by atomic mass is 16.5. The number of ether oxygens (including phenoxy) is 3. The number of hydrogen-bond acceptors (Lipinski definition) is 7. The minimum atomic E-state index is -0.170. The summed E-state index contributed by atoms with van der Waals surface area (Å²) in [6, 6.07) is 5.89. The number of fused-ring (bicyclic) bond motifs is 1. The lowest BCUT2D eigenvalue weighted by Crippen LogP contribution is -2.38. The lowest BCUT2D eigenvalue weighted by Gasteiger charge is -2.24. The van der Waals surface area contributed by atoms with Crippen LogP contribution in [0.1, 0.15) is 43.5 Å². The van der Waals surface area contributed by atoms with E-state index in [0.717, 1.165) is 62.2 Å². The predicted molar refractivity (Wildman–Crippen MR) is 123 cm³/mol. The molecule has 33 heavy (non-hydrogen) atoms. The first-order valence-corrected chi connectivity index (χ1v) is 11.7. The summed E-state index contributed by atoms with van der Waals surface area (Å²) in [6.45, 7) is 8.75. The molecule has 1 aromatic carbocycles. The van der Waals surface area contributed by atoms with Crippen LogP contribution in [0.3, 0.4) is 0 Å². The highest BCUT2D eigenvalue weighted by Gasteiger charge is 2.31. The Labute approximate surface area is 195 Å². The number of hydrogen-bond donors (Lipinski definition) is 1. The fraction of sp³-hybridized carbons (Fsp3) is 0.625. The van der Waals surface area contributed by atoms with Crippen molar-refractivity contribution in [3.63, 3.8) is 0 Å². The van der Waals surface area contributed by atoms with E-state index in [1.807, 2.05) is 12.1 Å². The Kier molecular flexibility index (Phi) is 7.49. The van der Waals surface area contributed by atoms with E-state index in [1.165, 1.54) is 5.56 Å². The van der Waals surface area contributed by atoms with Gasteiger partial charge in [0.1, 0.15) is 5.82 Å². The third kappa shape index (κ3) is 5.30. The van der Waals surface area contributed by atoms with Gasteiger partial charge in [-0.05, 0) is 30.0 Å². The van der Waals surface area contributed by atoms with E-state index in [9.17, 15) is 4.79 Å². The summed E-state index contributed by atoms with van der Waals surface area (Å²) in [7, 11) is 3.30. The normalized spacial score (nSPS) is 19.7. The van der Waals surface area contributed by atoms with Gasteiger partial charge in [-0.1, -0.05) is 19.9 Å². The van der Waals surface area contributed by atoms with Gasteiger partial charge in [0.15, 0.2) is 17.3 Å². The van der Waals surface area contributed by atoms with Crippen LogP contribution in [0.15, 0.2) is 18.2 Å². The van der Waals surface area contributed by atoms with E-state index in [2.05, 4.69) is 44.9 Å². The van der Waals surface area contributed by atoms with E-state index < -0.39 is 0 Å².